The smallest absolute Gasteiger partial charge is 0.269 e. The minimum Gasteiger partial charge on any atom is -0.486 e. The molecule has 0 spiro atoms. The molecule has 1 aliphatic heterocycles. The Kier molecular flexibility index (Phi) is 5.40. The van der Waals surface area contributed by atoms with Gasteiger partial charge in [-0.1, -0.05) is 18.2 Å². The van der Waals surface area contributed by atoms with Crippen LogP contribution >= 0.6 is 0 Å². The Morgan fingerprint density at radius 1 is 1.19 bits per heavy atom. The summed E-state index contributed by atoms with van der Waals surface area (Å²) in [7, 11) is 1.67. The van der Waals surface area contributed by atoms with E-state index in [9.17, 15) is 14.9 Å². The molecule has 3 rings (SSSR count). The van der Waals surface area contributed by atoms with E-state index >= 15 is 0 Å². The van der Waals surface area contributed by atoms with Crippen LogP contribution in [-0.4, -0.2) is 36.0 Å². The number of nitro benzene ring substituents is 1. The highest BCUT2D eigenvalue weighted by molar-refractivity contribution is 5.92. The molecule has 140 valence electrons. The van der Waals surface area contributed by atoms with Crippen molar-refractivity contribution in [2.24, 2.45) is 0 Å². The van der Waals surface area contributed by atoms with Crippen molar-refractivity contribution in [2.45, 2.75) is 13.0 Å². The number of fused-ring (bicyclic) bond motifs is 1. The van der Waals surface area contributed by atoms with Crippen LogP contribution in [0.2, 0.25) is 0 Å². The zero-order valence-corrected chi connectivity index (χ0v) is 15.1. The summed E-state index contributed by atoms with van der Waals surface area (Å²) in [5.41, 5.74) is 1.53. The van der Waals surface area contributed by atoms with Crippen LogP contribution in [-0.2, 0) is 4.79 Å². The topological polar surface area (TPSA) is 81.9 Å². The average molecular weight is 368 g/mol. The number of hydrogen-bond donors (Lipinski definition) is 0. The van der Waals surface area contributed by atoms with Gasteiger partial charge in [-0.05, 0) is 36.3 Å². The fraction of sp³-hybridized carbons (Fsp3) is 0.250. The number of likely N-dealkylation sites (N-methyl/N-ethyl adjacent to an activating group) is 1. The molecule has 0 N–H and O–H groups in total. The lowest BCUT2D eigenvalue weighted by Gasteiger charge is -2.24. The van der Waals surface area contributed by atoms with Crippen molar-refractivity contribution in [2.75, 3.05) is 20.3 Å². The van der Waals surface area contributed by atoms with E-state index in [-0.39, 0.29) is 17.6 Å². The van der Waals surface area contributed by atoms with Crippen molar-refractivity contribution in [3.63, 3.8) is 0 Å². The standard InChI is InChI=1S/C20H20N2O5/c1-14(16-4-3-5-17(13-16)22(24)25)21(2)20(23)9-7-15-6-8-18-19(12-15)27-11-10-26-18/h3-9,12-14H,10-11H2,1-2H3/b9-7+/t14-/m1/s1. The second-order valence-electron chi connectivity index (χ2n) is 6.21. The van der Waals surface area contributed by atoms with Gasteiger partial charge in [0.15, 0.2) is 11.5 Å². The summed E-state index contributed by atoms with van der Waals surface area (Å²) in [6, 6.07) is 11.5. The van der Waals surface area contributed by atoms with Gasteiger partial charge in [0.25, 0.3) is 5.69 Å². The van der Waals surface area contributed by atoms with Gasteiger partial charge in [0.1, 0.15) is 13.2 Å². The Hall–Kier alpha value is -3.35. The van der Waals surface area contributed by atoms with Crippen molar-refractivity contribution in [1.82, 2.24) is 4.90 Å². The summed E-state index contributed by atoms with van der Waals surface area (Å²) >= 11 is 0. The summed E-state index contributed by atoms with van der Waals surface area (Å²) < 4.78 is 11.0. The van der Waals surface area contributed by atoms with E-state index in [0.717, 1.165) is 5.56 Å². The number of rotatable bonds is 5. The van der Waals surface area contributed by atoms with Crippen molar-refractivity contribution < 1.29 is 19.2 Å². The zero-order chi connectivity index (χ0) is 19.4. The number of nitrogens with zero attached hydrogens (tertiary/aromatic N) is 2. The Bertz CT molecular complexity index is 894. The molecule has 0 saturated heterocycles. The number of ether oxygens (including phenoxy) is 2. The van der Waals surface area contributed by atoms with Crippen LogP contribution in [0, 0.1) is 10.1 Å². The van der Waals surface area contributed by atoms with Gasteiger partial charge in [-0.2, -0.15) is 0 Å². The maximum Gasteiger partial charge on any atom is 0.269 e. The first-order valence-electron chi connectivity index (χ1n) is 8.54. The van der Waals surface area contributed by atoms with E-state index in [1.807, 2.05) is 25.1 Å². The maximum absolute atomic E-state index is 12.5. The molecule has 0 bridgehead atoms. The fourth-order valence-corrected chi connectivity index (χ4v) is 2.76. The van der Waals surface area contributed by atoms with Gasteiger partial charge >= 0.3 is 0 Å². The van der Waals surface area contributed by atoms with Crippen LogP contribution in [0.1, 0.15) is 24.1 Å². The summed E-state index contributed by atoms with van der Waals surface area (Å²) in [5.74, 6) is 1.15. The van der Waals surface area contributed by atoms with Crippen molar-refractivity contribution in [1.29, 1.82) is 0 Å². The number of carbonyl (C=O) groups is 1. The highest BCUT2D eigenvalue weighted by atomic mass is 16.6. The van der Waals surface area contributed by atoms with Crippen molar-refractivity contribution >= 4 is 17.7 Å². The maximum atomic E-state index is 12.5. The second kappa shape index (κ2) is 7.90. The Balaban J connectivity index is 1.70. The third-order valence-corrected chi connectivity index (χ3v) is 4.48. The molecule has 0 saturated carbocycles. The van der Waals surface area contributed by atoms with Gasteiger partial charge in [0, 0.05) is 25.3 Å². The van der Waals surface area contributed by atoms with Crippen LogP contribution in [0.4, 0.5) is 5.69 Å². The van der Waals surface area contributed by atoms with E-state index in [0.29, 0.717) is 30.3 Å². The van der Waals surface area contributed by atoms with Crippen molar-refractivity contribution in [3.8, 4) is 11.5 Å². The summed E-state index contributed by atoms with van der Waals surface area (Å²) in [6.07, 6.45) is 3.18. The highest BCUT2D eigenvalue weighted by Gasteiger charge is 2.18. The molecule has 1 heterocycles. The highest BCUT2D eigenvalue weighted by Crippen LogP contribution is 2.31. The molecule has 1 amide bonds. The lowest BCUT2D eigenvalue weighted by Crippen LogP contribution is -2.28. The Labute approximate surface area is 157 Å². The second-order valence-corrected chi connectivity index (χ2v) is 6.21. The first-order chi connectivity index (χ1) is 13.0. The van der Waals surface area contributed by atoms with Crippen LogP contribution in [0.3, 0.4) is 0 Å². The van der Waals surface area contributed by atoms with Gasteiger partial charge in [0.05, 0.1) is 11.0 Å². The zero-order valence-electron chi connectivity index (χ0n) is 15.1. The van der Waals surface area contributed by atoms with E-state index in [4.69, 9.17) is 9.47 Å². The first-order valence-corrected chi connectivity index (χ1v) is 8.54. The predicted octanol–water partition coefficient (Wildman–Crippen LogP) is 3.60. The molecular weight excluding hydrogens is 348 g/mol. The largest absolute Gasteiger partial charge is 0.486 e. The van der Waals surface area contributed by atoms with Crippen LogP contribution in [0.5, 0.6) is 11.5 Å². The normalized spacial score (nSPS) is 14.0. The monoisotopic (exact) mass is 368 g/mol. The third kappa shape index (κ3) is 4.25. The van der Waals surface area contributed by atoms with Gasteiger partial charge in [-0.3, -0.25) is 14.9 Å². The molecule has 2 aromatic carbocycles. The van der Waals surface area contributed by atoms with Crippen LogP contribution in [0.15, 0.2) is 48.5 Å². The Morgan fingerprint density at radius 3 is 2.67 bits per heavy atom. The third-order valence-electron chi connectivity index (χ3n) is 4.48. The molecular formula is C20H20N2O5. The van der Waals surface area contributed by atoms with E-state index in [2.05, 4.69) is 0 Å². The number of benzene rings is 2. The number of nitro groups is 1. The van der Waals surface area contributed by atoms with Gasteiger partial charge in [0.2, 0.25) is 5.91 Å². The number of amides is 1. The summed E-state index contributed by atoms with van der Waals surface area (Å²) in [5, 5.41) is 10.9. The molecule has 7 nitrogen and oxygen atoms in total. The number of hydrogen-bond acceptors (Lipinski definition) is 5. The lowest BCUT2D eigenvalue weighted by molar-refractivity contribution is -0.384. The molecule has 0 aliphatic carbocycles. The van der Waals surface area contributed by atoms with Crippen LogP contribution in [0.25, 0.3) is 6.08 Å². The minimum absolute atomic E-state index is 0.00650. The van der Waals surface area contributed by atoms with E-state index in [1.54, 1.807) is 25.3 Å². The molecule has 1 atom stereocenters. The Morgan fingerprint density at radius 2 is 1.93 bits per heavy atom. The fourth-order valence-electron chi connectivity index (χ4n) is 2.76. The lowest BCUT2D eigenvalue weighted by atomic mass is 10.1. The van der Waals surface area contributed by atoms with E-state index in [1.165, 1.54) is 23.1 Å². The van der Waals surface area contributed by atoms with Crippen molar-refractivity contribution in [3.05, 3.63) is 69.8 Å². The van der Waals surface area contributed by atoms with Crippen LogP contribution < -0.4 is 9.47 Å². The molecule has 0 unspecified atom stereocenters. The first kappa shape index (κ1) is 18.4. The molecule has 0 aromatic heterocycles. The molecule has 2 aromatic rings. The SMILES string of the molecule is C[C@H](c1cccc([N+](=O)[O-])c1)N(C)C(=O)/C=C/c1ccc2c(c1)OCCO2. The molecule has 7 heteroatoms. The minimum atomic E-state index is -0.445. The molecule has 0 radical (unpaired) electrons. The van der Waals surface area contributed by atoms with Gasteiger partial charge < -0.3 is 14.4 Å². The van der Waals surface area contributed by atoms with E-state index < -0.39 is 4.92 Å². The van der Waals surface area contributed by atoms with Gasteiger partial charge in [-0.15, -0.1) is 0 Å². The molecule has 1 aliphatic rings. The average Bonchev–Trinajstić information content (AvgIpc) is 2.70. The number of carbonyl (C=O) groups excluding carboxylic acids is 1. The quantitative estimate of drug-likeness (QED) is 0.457. The summed E-state index contributed by atoms with van der Waals surface area (Å²) in [6.45, 7) is 2.86. The summed E-state index contributed by atoms with van der Waals surface area (Å²) in [4.78, 5) is 24.5. The molecule has 27 heavy (non-hydrogen) atoms. The molecule has 0 fully saturated rings. The van der Waals surface area contributed by atoms with Gasteiger partial charge in [-0.25, -0.2) is 0 Å². The number of non-ortho nitro benzene ring substituents is 1. The predicted molar refractivity (Wildman–Crippen MR) is 101 cm³/mol.